The lowest BCUT2D eigenvalue weighted by molar-refractivity contribution is 0.334. The summed E-state index contributed by atoms with van der Waals surface area (Å²) in [6.45, 7) is 5.49. The van der Waals surface area contributed by atoms with Crippen LogP contribution in [0.4, 0.5) is 0 Å². The fourth-order valence-corrected chi connectivity index (χ4v) is 0.857. The van der Waals surface area contributed by atoms with E-state index in [9.17, 15) is 4.21 Å². The van der Waals surface area contributed by atoms with Crippen LogP contribution in [0, 0.1) is 0 Å². The van der Waals surface area contributed by atoms with Crippen molar-refractivity contribution in [1.29, 1.82) is 0 Å². The van der Waals surface area contributed by atoms with Crippen LogP contribution in [0.3, 0.4) is 0 Å². The van der Waals surface area contributed by atoms with Crippen LogP contribution in [0.1, 0.15) is 13.3 Å². The Balaban J connectivity index is 4.44. The van der Waals surface area contributed by atoms with E-state index in [2.05, 4.69) is 11.0 Å². The summed E-state index contributed by atoms with van der Waals surface area (Å²) in [4.78, 5) is 0. The molecule has 0 bridgehead atoms. The molecule has 0 saturated heterocycles. The van der Waals surface area contributed by atoms with E-state index in [1.165, 1.54) is 6.21 Å². The molecule has 0 radical (unpaired) electrons. The second-order valence-corrected chi connectivity index (χ2v) is 2.55. The van der Waals surface area contributed by atoms with Gasteiger partial charge in [0.15, 0.2) is 0 Å². The smallest absolute Gasteiger partial charge is 0.126 e. The number of rotatable bonds is 5. The van der Waals surface area contributed by atoms with Crippen molar-refractivity contribution in [3.8, 4) is 0 Å². The summed E-state index contributed by atoms with van der Waals surface area (Å²) >= 11 is -0.278. The molecule has 0 aliphatic carbocycles. The molecule has 68 valence electrons. The number of hydrogen-bond donors (Lipinski definition) is 2. The Bertz CT molecular complexity index is 221. The van der Waals surface area contributed by atoms with Crippen LogP contribution in [-0.4, -0.2) is 22.1 Å². The number of thiol groups is 1. The summed E-state index contributed by atoms with van der Waals surface area (Å²) in [5.74, 6) is 0. The van der Waals surface area contributed by atoms with E-state index in [0.717, 1.165) is 12.0 Å². The minimum absolute atomic E-state index is 0.104. The highest BCUT2D eigenvalue weighted by atomic mass is 32.2. The largest absolute Gasteiger partial charge is 0.392 e. The summed E-state index contributed by atoms with van der Waals surface area (Å²) in [6.07, 6.45) is 4.14. The van der Waals surface area contributed by atoms with E-state index in [0.29, 0.717) is 5.57 Å². The molecule has 0 aromatic heterocycles. The topological polar surface area (TPSA) is 49.7 Å². The maximum atomic E-state index is 10.0. The van der Waals surface area contributed by atoms with Gasteiger partial charge in [0.25, 0.3) is 0 Å². The summed E-state index contributed by atoms with van der Waals surface area (Å²) in [5, 5.41) is 8.75. The molecule has 0 saturated carbocycles. The molecule has 0 aliphatic heterocycles. The lowest BCUT2D eigenvalue weighted by Gasteiger charge is -2.00. The van der Waals surface area contributed by atoms with Gasteiger partial charge >= 0.3 is 0 Å². The van der Waals surface area contributed by atoms with Gasteiger partial charge in [-0.1, -0.05) is 19.6 Å². The van der Waals surface area contributed by atoms with Gasteiger partial charge in [-0.05, 0) is 17.6 Å². The first-order valence-electron chi connectivity index (χ1n) is 3.61. The van der Waals surface area contributed by atoms with E-state index >= 15 is 0 Å². The number of nitrogens with zero attached hydrogens (tertiary/aromatic N) is 1. The first-order chi connectivity index (χ1) is 5.76. The Morgan fingerprint density at radius 1 is 1.75 bits per heavy atom. The Labute approximate surface area is 76.1 Å². The van der Waals surface area contributed by atoms with E-state index < -0.39 is 0 Å². The summed E-state index contributed by atoms with van der Waals surface area (Å²) in [5.41, 5.74) is 1.33. The van der Waals surface area contributed by atoms with Crippen LogP contribution in [-0.2, 0) is 11.9 Å². The quantitative estimate of drug-likeness (QED) is 0.380. The first-order valence-corrected chi connectivity index (χ1v) is 4.37. The second-order valence-electron chi connectivity index (χ2n) is 2.16. The van der Waals surface area contributed by atoms with Crippen molar-refractivity contribution >= 4 is 18.1 Å². The molecule has 12 heavy (non-hydrogen) atoms. The fraction of sp³-hybridized carbons (Fsp3) is 0.375. The zero-order valence-corrected chi connectivity index (χ0v) is 7.92. The van der Waals surface area contributed by atoms with Crippen molar-refractivity contribution in [3.05, 3.63) is 23.8 Å². The van der Waals surface area contributed by atoms with Crippen LogP contribution < -0.4 is 0 Å². The van der Waals surface area contributed by atoms with E-state index in [4.69, 9.17) is 5.11 Å². The Kier molecular flexibility index (Phi) is 6.51. The molecule has 1 N–H and O–H groups in total. The van der Waals surface area contributed by atoms with Gasteiger partial charge in [0, 0.05) is 6.21 Å². The lowest BCUT2D eigenvalue weighted by Crippen LogP contribution is -1.94. The van der Waals surface area contributed by atoms with Crippen molar-refractivity contribution in [1.82, 2.24) is 0 Å². The third kappa shape index (κ3) is 4.20. The Morgan fingerprint density at radius 2 is 2.42 bits per heavy atom. The van der Waals surface area contributed by atoms with Crippen LogP contribution in [0.2, 0.25) is 0 Å². The first kappa shape index (κ1) is 11.3. The zero-order valence-electron chi connectivity index (χ0n) is 7.03. The number of allylic oxidation sites excluding steroid dienone is 1. The molecule has 4 heteroatoms. The minimum Gasteiger partial charge on any atom is -0.392 e. The highest BCUT2D eigenvalue weighted by Gasteiger charge is 1.96. The van der Waals surface area contributed by atoms with Gasteiger partial charge in [0.05, 0.1) is 6.61 Å². The lowest BCUT2D eigenvalue weighted by atomic mass is 10.1. The highest BCUT2D eigenvalue weighted by Crippen LogP contribution is 2.05. The van der Waals surface area contributed by atoms with E-state index in [-0.39, 0.29) is 18.5 Å². The zero-order chi connectivity index (χ0) is 9.40. The van der Waals surface area contributed by atoms with Gasteiger partial charge in [-0.3, -0.25) is 0 Å². The maximum Gasteiger partial charge on any atom is 0.126 e. The highest BCUT2D eigenvalue weighted by molar-refractivity contribution is 7.64. The Morgan fingerprint density at radius 3 is 2.83 bits per heavy atom. The monoisotopic (exact) mass is 187 g/mol. The van der Waals surface area contributed by atoms with Crippen LogP contribution in [0.25, 0.3) is 0 Å². The van der Waals surface area contributed by atoms with Crippen molar-refractivity contribution in [2.75, 3.05) is 6.61 Å². The van der Waals surface area contributed by atoms with Crippen molar-refractivity contribution in [2.24, 2.45) is 4.40 Å². The summed E-state index contributed by atoms with van der Waals surface area (Å²) in [7, 11) is 0. The van der Waals surface area contributed by atoms with Gasteiger partial charge in [0.2, 0.25) is 0 Å². The molecule has 0 aromatic carbocycles. The molecule has 0 aromatic rings. The van der Waals surface area contributed by atoms with Gasteiger partial charge < -0.3 is 5.11 Å². The molecular formula is C8H13NO2S. The molecule has 0 heterocycles. The minimum atomic E-state index is -0.278. The SMILES string of the molecule is C=C(CO)C(/C=N/[SH]=O)=C\CC. The third-order valence-electron chi connectivity index (χ3n) is 1.27. The number of aliphatic hydroxyl groups excluding tert-OH is 1. The molecule has 0 spiro atoms. The normalized spacial score (nSPS) is 12.3. The standard InChI is InChI=1S/C8H13NO2S/c1-3-4-8(5-9-12-11)7(2)6-10/h4-5,10,12H,2-3,6H2,1H3/b8-4-,9-5+. The van der Waals surface area contributed by atoms with E-state index in [1.807, 2.05) is 13.0 Å². The average molecular weight is 187 g/mol. The molecule has 0 unspecified atom stereocenters. The number of hydrogen-bond acceptors (Lipinski definition) is 2. The Hall–Kier alpha value is -0.740. The van der Waals surface area contributed by atoms with Crippen LogP contribution in [0.5, 0.6) is 0 Å². The second kappa shape index (κ2) is 6.94. The predicted molar refractivity (Wildman–Crippen MR) is 52.6 cm³/mol. The van der Waals surface area contributed by atoms with Gasteiger partial charge in [-0.15, -0.1) is 0 Å². The average Bonchev–Trinajstić information content (AvgIpc) is 2.11. The molecule has 3 nitrogen and oxygen atoms in total. The van der Waals surface area contributed by atoms with Gasteiger partial charge in [-0.2, -0.15) is 4.40 Å². The van der Waals surface area contributed by atoms with Gasteiger partial charge in [0.1, 0.15) is 11.9 Å². The van der Waals surface area contributed by atoms with E-state index in [1.54, 1.807) is 0 Å². The predicted octanol–water partition coefficient (Wildman–Crippen LogP) is 0.802. The van der Waals surface area contributed by atoms with Gasteiger partial charge in [-0.25, -0.2) is 4.21 Å². The summed E-state index contributed by atoms with van der Waals surface area (Å²) < 4.78 is 13.5. The molecule has 0 rings (SSSR count). The third-order valence-corrected chi connectivity index (χ3v) is 1.48. The van der Waals surface area contributed by atoms with Crippen molar-refractivity contribution in [2.45, 2.75) is 13.3 Å². The molecule has 0 aliphatic rings. The molecular weight excluding hydrogens is 174 g/mol. The maximum absolute atomic E-state index is 10.0. The van der Waals surface area contributed by atoms with Crippen molar-refractivity contribution in [3.63, 3.8) is 0 Å². The fourth-order valence-electron chi connectivity index (χ4n) is 0.685. The molecule has 0 fully saturated rings. The number of aliphatic hydroxyl groups is 1. The van der Waals surface area contributed by atoms with Crippen LogP contribution in [0.15, 0.2) is 28.2 Å². The summed E-state index contributed by atoms with van der Waals surface area (Å²) in [6, 6.07) is 0. The molecule has 0 atom stereocenters. The molecule has 0 amide bonds. The van der Waals surface area contributed by atoms with Crippen LogP contribution >= 0.6 is 0 Å². The van der Waals surface area contributed by atoms with Crippen molar-refractivity contribution < 1.29 is 9.32 Å².